The molecule has 0 aliphatic carbocycles. The van der Waals surface area contributed by atoms with E-state index in [1.54, 1.807) is 6.92 Å². The fraction of sp³-hybridized carbons (Fsp3) is 0.308. The van der Waals surface area contributed by atoms with Gasteiger partial charge >= 0.3 is 5.69 Å². The van der Waals surface area contributed by atoms with Gasteiger partial charge < -0.3 is 4.74 Å². The predicted molar refractivity (Wildman–Crippen MR) is 78.2 cm³/mol. The maximum atomic E-state index is 13.1. The van der Waals surface area contributed by atoms with Gasteiger partial charge in [-0.2, -0.15) is 5.10 Å². The standard InChI is InChI=1S/C13H13BrFN3O3/c1-7(2)17-13(12(18(19)20)8(3)16-17)21-11-5-4-9(15)6-10(11)14/h4-7H,1-3H3. The Balaban J connectivity index is 2.54. The van der Waals surface area contributed by atoms with Crippen LogP contribution >= 0.6 is 15.9 Å². The Labute approximate surface area is 128 Å². The van der Waals surface area contributed by atoms with Gasteiger partial charge in [-0.15, -0.1) is 0 Å². The number of aryl methyl sites for hydroxylation is 1. The second-order valence-electron chi connectivity index (χ2n) is 4.71. The van der Waals surface area contributed by atoms with Crippen LogP contribution in [0.1, 0.15) is 25.6 Å². The predicted octanol–water partition coefficient (Wildman–Crippen LogP) is 4.37. The first-order chi connectivity index (χ1) is 9.81. The van der Waals surface area contributed by atoms with Crippen LogP contribution in [-0.4, -0.2) is 14.7 Å². The highest BCUT2D eigenvalue weighted by Gasteiger charge is 2.29. The lowest BCUT2D eigenvalue weighted by atomic mass is 10.3. The molecule has 0 spiro atoms. The van der Waals surface area contributed by atoms with Crippen molar-refractivity contribution in [1.29, 1.82) is 0 Å². The normalized spacial score (nSPS) is 11.0. The summed E-state index contributed by atoms with van der Waals surface area (Å²) in [6, 6.07) is 3.72. The minimum Gasteiger partial charge on any atom is -0.433 e. The van der Waals surface area contributed by atoms with Crippen LogP contribution in [0.4, 0.5) is 10.1 Å². The van der Waals surface area contributed by atoms with Gasteiger partial charge in [0.2, 0.25) is 0 Å². The zero-order valence-corrected chi connectivity index (χ0v) is 13.2. The van der Waals surface area contributed by atoms with E-state index in [2.05, 4.69) is 21.0 Å². The smallest absolute Gasteiger partial charge is 0.353 e. The van der Waals surface area contributed by atoms with Crippen molar-refractivity contribution in [1.82, 2.24) is 9.78 Å². The van der Waals surface area contributed by atoms with E-state index in [1.807, 2.05) is 13.8 Å². The molecule has 0 fully saturated rings. The van der Waals surface area contributed by atoms with Crippen LogP contribution in [0.25, 0.3) is 0 Å². The summed E-state index contributed by atoms with van der Waals surface area (Å²) < 4.78 is 20.5. The summed E-state index contributed by atoms with van der Waals surface area (Å²) in [6.45, 7) is 5.22. The Morgan fingerprint density at radius 3 is 2.67 bits per heavy atom. The molecule has 1 aromatic heterocycles. The third-order valence-electron chi connectivity index (χ3n) is 2.78. The van der Waals surface area contributed by atoms with Crippen LogP contribution in [0.15, 0.2) is 22.7 Å². The van der Waals surface area contributed by atoms with Gasteiger partial charge in [-0.05, 0) is 54.9 Å². The van der Waals surface area contributed by atoms with Crippen LogP contribution in [-0.2, 0) is 0 Å². The summed E-state index contributed by atoms with van der Waals surface area (Å²) in [6.07, 6.45) is 0. The molecule has 0 unspecified atom stereocenters. The Morgan fingerprint density at radius 2 is 2.14 bits per heavy atom. The molecule has 0 saturated heterocycles. The Bertz CT molecular complexity index is 700. The maximum absolute atomic E-state index is 13.1. The largest absolute Gasteiger partial charge is 0.433 e. The van der Waals surface area contributed by atoms with E-state index in [1.165, 1.54) is 22.9 Å². The van der Waals surface area contributed by atoms with E-state index in [0.29, 0.717) is 4.47 Å². The van der Waals surface area contributed by atoms with Crippen molar-refractivity contribution in [3.63, 3.8) is 0 Å². The van der Waals surface area contributed by atoms with Crippen LogP contribution in [0.5, 0.6) is 11.6 Å². The van der Waals surface area contributed by atoms with Gasteiger partial charge in [0, 0.05) is 0 Å². The summed E-state index contributed by atoms with van der Waals surface area (Å²) in [4.78, 5) is 10.7. The molecule has 112 valence electrons. The lowest BCUT2D eigenvalue weighted by Gasteiger charge is -2.11. The van der Waals surface area contributed by atoms with E-state index in [-0.39, 0.29) is 29.1 Å². The molecule has 0 aliphatic heterocycles. The Morgan fingerprint density at radius 1 is 1.48 bits per heavy atom. The molecule has 2 aromatic rings. The number of benzene rings is 1. The summed E-state index contributed by atoms with van der Waals surface area (Å²) in [5, 5.41) is 15.3. The molecule has 0 radical (unpaired) electrons. The van der Waals surface area contributed by atoms with Gasteiger partial charge in [0.15, 0.2) is 0 Å². The van der Waals surface area contributed by atoms with Gasteiger partial charge in [-0.3, -0.25) is 10.1 Å². The lowest BCUT2D eigenvalue weighted by Crippen LogP contribution is -2.05. The molecule has 0 atom stereocenters. The van der Waals surface area contributed by atoms with Crippen molar-refractivity contribution in [3.8, 4) is 11.6 Å². The highest BCUT2D eigenvalue weighted by molar-refractivity contribution is 9.10. The molecule has 0 N–H and O–H groups in total. The molecule has 2 rings (SSSR count). The summed E-state index contributed by atoms with van der Waals surface area (Å²) in [7, 11) is 0. The monoisotopic (exact) mass is 357 g/mol. The summed E-state index contributed by atoms with van der Waals surface area (Å²) >= 11 is 3.17. The van der Waals surface area contributed by atoms with Crippen molar-refractivity contribution in [2.24, 2.45) is 0 Å². The van der Waals surface area contributed by atoms with Crippen LogP contribution in [0, 0.1) is 22.9 Å². The minimum atomic E-state index is -0.534. The van der Waals surface area contributed by atoms with E-state index in [4.69, 9.17) is 4.74 Å². The summed E-state index contributed by atoms with van der Waals surface area (Å²) in [5.74, 6) is -0.126. The van der Waals surface area contributed by atoms with Crippen LogP contribution in [0.3, 0.4) is 0 Å². The number of nitro groups is 1. The second-order valence-corrected chi connectivity index (χ2v) is 5.57. The molecule has 1 aromatic carbocycles. The van der Waals surface area contributed by atoms with Crippen molar-refractivity contribution < 1.29 is 14.1 Å². The van der Waals surface area contributed by atoms with Crippen molar-refractivity contribution in [2.45, 2.75) is 26.8 Å². The highest BCUT2D eigenvalue weighted by atomic mass is 79.9. The molecule has 8 heteroatoms. The molecule has 21 heavy (non-hydrogen) atoms. The van der Waals surface area contributed by atoms with E-state index < -0.39 is 10.7 Å². The van der Waals surface area contributed by atoms with Crippen LogP contribution in [0.2, 0.25) is 0 Å². The molecule has 0 bridgehead atoms. The quantitative estimate of drug-likeness (QED) is 0.601. The number of ether oxygens (including phenoxy) is 1. The number of hydrogen-bond acceptors (Lipinski definition) is 4. The number of halogens is 2. The first kappa shape index (κ1) is 15.4. The molecule has 0 saturated carbocycles. The van der Waals surface area contributed by atoms with Gasteiger partial charge in [-0.1, -0.05) is 0 Å². The molecule has 0 aliphatic rings. The number of aromatic nitrogens is 2. The number of nitrogens with zero attached hydrogens (tertiary/aromatic N) is 3. The zero-order valence-electron chi connectivity index (χ0n) is 11.6. The number of rotatable bonds is 4. The highest BCUT2D eigenvalue weighted by Crippen LogP contribution is 2.38. The van der Waals surface area contributed by atoms with Crippen molar-refractivity contribution in [3.05, 3.63) is 44.3 Å². The third kappa shape index (κ3) is 3.05. The maximum Gasteiger partial charge on any atom is 0.353 e. The average molecular weight is 358 g/mol. The van der Waals surface area contributed by atoms with Gasteiger partial charge in [0.25, 0.3) is 5.88 Å². The molecular weight excluding hydrogens is 345 g/mol. The molecule has 0 amide bonds. The second kappa shape index (κ2) is 5.80. The van der Waals surface area contributed by atoms with Crippen molar-refractivity contribution in [2.75, 3.05) is 0 Å². The molecular formula is C13H13BrFN3O3. The Hall–Kier alpha value is -1.96. The SMILES string of the molecule is Cc1nn(C(C)C)c(Oc2ccc(F)cc2Br)c1[N+](=O)[O-]. The molecule has 6 nitrogen and oxygen atoms in total. The Kier molecular flexibility index (Phi) is 4.26. The van der Waals surface area contributed by atoms with Gasteiger partial charge in [0.05, 0.1) is 15.4 Å². The first-order valence-corrected chi connectivity index (χ1v) is 6.97. The summed E-state index contributed by atoms with van der Waals surface area (Å²) in [5.41, 5.74) is 0.0712. The van der Waals surface area contributed by atoms with E-state index >= 15 is 0 Å². The lowest BCUT2D eigenvalue weighted by molar-refractivity contribution is -0.386. The van der Waals surface area contributed by atoms with Gasteiger partial charge in [-0.25, -0.2) is 9.07 Å². The fourth-order valence-corrected chi connectivity index (χ4v) is 2.27. The minimum absolute atomic E-state index is 0.0276. The van der Waals surface area contributed by atoms with E-state index in [0.717, 1.165) is 0 Å². The molecule has 1 heterocycles. The number of hydrogen-bond donors (Lipinski definition) is 0. The average Bonchev–Trinajstić information content (AvgIpc) is 2.70. The van der Waals surface area contributed by atoms with Crippen molar-refractivity contribution >= 4 is 21.6 Å². The van der Waals surface area contributed by atoms with Gasteiger partial charge in [0.1, 0.15) is 17.3 Å². The van der Waals surface area contributed by atoms with Crippen LogP contribution < -0.4 is 4.74 Å². The fourth-order valence-electron chi connectivity index (χ4n) is 1.84. The first-order valence-electron chi connectivity index (χ1n) is 6.17. The zero-order chi connectivity index (χ0) is 15.7. The third-order valence-corrected chi connectivity index (χ3v) is 3.40. The van der Waals surface area contributed by atoms with E-state index in [9.17, 15) is 14.5 Å². The topological polar surface area (TPSA) is 70.2 Å².